The van der Waals surface area contributed by atoms with Gasteiger partial charge in [0.1, 0.15) is 11.2 Å². The Morgan fingerprint density at radius 1 is 0.474 bits per heavy atom. The Bertz CT molecular complexity index is 1950. The third-order valence-electron chi connectivity index (χ3n) is 6.59. The fourth-order valence-electron chi connectivity index (χ4n) is 4.77. The first-order valence-electron chi connectivity index (χ1n) is 12.3. The summed E-state index contributed by atoms with van der Waals surface area (Å²) in [6, 6.07) is 40.1. The Labute approximate surface area is 224 Å². The molecular formula is C33H20ClN3O. The van der Waals surface area contributed by atoms with Crippen LogP contribution in [0.25, 0.3) is 67.2 Å². The van der Waals surface area contributed by atoms with E-state index in [4.69, 9.17) is 31.0 Å². The number of halogens is 1. The molecule has 7 aromatic rings. The van der Waals surface area contributed by atoms with E-state index >= 15 is 0 Å². The van der Waals surface area contributed by atoms with Crippen LogP contribution in [0.1, 0.15) is 0 Å². The molecule has 0 saturated heterocycles. The van der Waals surface area contributed by atoms with Gasteiger partial charge in [-0.1, -0.05) is 103 Å². The molecule has 0 atom stereocenters. The van der Waals surface area contributed by atoms with Gasteiger partial charge >= 0.3 is 0 Å². The second-order valence-corrected chi connectivity index (χ2v) is 9.48. The molecule has 0 aliphatic heterocycles. The van der Waals surface area contributed by atoms with Gasteiger partial charge in [-0.3, -0.25) is 0 Å². The maximum atomic E-state index is 6.30. The average molecular weight is 510 g/mol. The van der Waals surface area contributed by atoms with Gasteiger partial charge in [-0.15, -0.1) is 0 Å². The molecule has 2 heterocycles. The van der Waals surface area contributed by atoms with Crippen molar-refractivity contribution in [3.8, 4) is 45.3 Å². The van der Waals surface area contributed by atoms with Gasteiger partial charge in [0.25, 0.3) is 0 Å². The monoisotopic (exact) mass is 509 g/mol. The minimum absolute atomic E-state index is 0.562. The van der Waals surface area contributed by atoms with Gasteiger partial charge in [0.2, 0.25) is 0 Å². The molecule has 0 unspecified atom stereocenters. The van der Waals surface area contributed by atoms with Gasteiger partial charge in [0, 0.05) is 26.9 Å². The normalized spacial score (nSPS) is 11.3. The van der Waals surface area contributed by atoms with Gasteiger partial charge in [-0.2, -0.15) is 0 Å². The molecular weight excluding hydrogens is 490 g/mol. The van der Waals surface area contributed by atoms with Crippen molar-refractivity contribution in [1.29, 1.82) is 0 Å². The molecule has 0 spiro atoms. The smallest absolute Gasteiger partial charge is 0.167 e. The number of para-hydroxylation sites is 2. The second kappa shape index (κ2) is 9.25. The maximum absolute atomic E-state index is 6.30. The van der Waals surface area contributed by atoms with E-state index < -0.39 is 0 Å². The molecule has 0 bridgehead atoms. The van der Waals surface area contributed by atoms with Crippen LogP contribution in [0.5, 0.6) is 0 Å². The highest BCUT2D eigenvalue weighted by atomic mass is 35.5. The Balaban J connectivity index is 1.45. The van der Waals surface area contributed by atoms with Gasteiger partial charge in [0.15, 0.2) is 17.5 Å². The highest BCUT2D eigenvalue weighted by Gasteiger charge is 2.17. The average Bonchev–Trinajstić information content (AvgIpc) is 3.36. The quantitative estimate of drug-likeness (QED) is 0.237. The van der Waals surface area contributed by atoms with Crippen LogP contribution in [0.15, 0.2) is 126 Å². The molecule has 0 aliphatic rings. The summed E-state index contributed by atoms with van der Waals surface area (Å²) in [5, 5.41) is 2.79. The summed E-state index contributed by atoms with van der Waals surface area (Å²) >= 11 is 6.26. The van der Waals surface area contributed by atoms with Crippen molar-refractivity contribution in [2.75, 3.05) is 0 Å². The fourth-order valence-corrected chi connectivity index (χ4v) is 4.96. The van der Waals surface area contributed by atoms with Crippen molar-refractivity contribution in [2.24, 2.45) is 0 Å². The first-order chi connectivity index (χ1) is 18.7. The molecule has 0 radical (unpaired) electrons. The number of hydrogen-bond acceptors (Lipinski definition) is 4. The maximum Gasteiger partial charge on any atom is 0.167 e. The Hall–Kier alpha value is -4.80. The highest BCUT2D eigenvalue weighted by molar-refractivity contribution is 6.30. The van der Waals surface area contributed by atoms with Crippen molar-refractivity contribution in [3.05, 3.63) is 126 Å². The molecule has 0 amide bonds. The number of furan rings is 1. The van der Waals surface area contributed by atoms with Gasteiger partial charge in [0.05, 0.1) is 5.56 Å². The lowest BCUT2D eigenvalue weighted by Crippen LogP contribution is -2.00. The molecule has 0 N–H and O–H groups in total. The topological polar surface area (TPSA) is 51.8 Å². The first kappa shape index (κ1) is 22.4. The lowest BCUT2D eigenvalue weighted by molar-refractivity contribution is 0.669. The van der Waals surface area contributed by atoms with Crippen molar-refractivity contribution < 1.29 is 4.42 Å². The fraction of sp³-hybridized carbons (Fsp3) is 0. The molecule has 5 aromatic carbocycles. The molecule has 7 rings (SSSR count). The predicted octanol–water partition coefficient (Wildman–Crippen LogP) is 9.09. The molecule has 4 nitrogen and oxygen atoms in total. The number of rotatable bonds is 4. The number of benzene rings is 5. The van der Waals surface area contributed by atoms with Crippen LogP contribution in [-0.2, 0) is 0 Å². The zero-order chi connectivity index (χ0) is 25.5. The summed E-state index contributed by atoms with van der Waals surface area (Å²) in [7, 11) is 0. The summed E-state index contributed by atoms with van der Waals surface area (Å²) in [6.45, 7) is 0. The summed E-state index contributed by atoms with van der Waals surface area (Å²) in [4.78, 5) is 14.8. The van der Waals surface area contributed by atoms with Crippen LogP contribution in [-0.4, -0.2) is 15.0 Å². The molecule has 2 aromatic heterocycles. The lowest BCUT2D eigenvalue weighted by Gasteiger charge is -2.10. The van der Waals surface area contributed by atoms with Crippen molar-refractivity contribution in [3.63, 3.8) is 0 Å². The van der Waals surface area contributed by atoms with Crippen LogP contribution in [0.4, 0.5) is 0 Å². The number of fused-ring (bicyclic) bond motifs is 3. The SMILES string of the molecule is Clc1cccc(-c2cccc(-c3nc(-c4ccccc4)nc(-c4cccc5c4oc4ccccc45)n3)c2)c1. The van der Waals surface area contributed by atoms with E-state index in [1.807, 2.05) is 97.1 Å². The van der Waals surface area contributed by atoms with Crippen molar-refractivity contribution in [2.45, 2.75) is 0 Å². The van der Waals surface area contributed by atoms with E-state index in [2.05, 4.69) is 24.3 Å². The molecule has 0 aliphatic carbocycles. The van der Waals surface area contributed by atoms with E-state index in [1.54, 1.807) is 0 Å². The lowest BCUT2D eigenvalue weighted by atomic mass is 10.0. The van der Waals surface area contributed by atoms with Gasteiger partial charge in [-0.05, 0) is 41.5 Å². The summed E-state index contributed by atoms with van der Waals surface area (Å²) in [6.07, 6.45) is 0. The molecule has 0 fully saturated rings. The van der Waals surface area contributed by atoms with Crippen molar-refractivity contribution >= 4 is 33.5 Å². The van der Waals surface area contributed by atoms with E-state index in [0.29, 0.717) is 22.5 Å². The number of aromatic nitrogens is 3. The molecule has 0 saturated carbocycles. The minimum atomic E-state index is 0.562. The van der Waals surface area contributed by atoms with E-state index in [0.717, 1.165) is 49.8 Å². The zero-order valence-corrected chi connectivity index (χ0v) is 20.9. The third kappa shape index (κ3) is 4.01. The second-order valence-electron chi connectivity index (χ2n) is 9.04. The van der Waals surface area contributed by atoms with Crippen molar-refractivity contribution in [1.82, 2.24) is 15.0 Å². The van der Waals surface area contributed by atoms with E-state index in [-0.39, 0.29) is 0 Å². The largest absolute Gasteiger partial charge is 0.455 e. The van der Waals surface area contributed by atoms with E-state index in [9.17, 15) is 0 Å². The van der Waals surface area contributed by atoms with Crippen LogP contribution in [0.2, 0.25) is 5.02 Å². The first-order valence-corrected chi connectivity index (χ1v) is 12.7. The molecule has 180 valence electrons. The van der Waals surface area contributed by atoms with Gasteiger partial charge < -0.3 is 4.42 Å². The summed E-state index contributed by atoms with van der Waals surface area (Å²) < 4.78 is 6.30. The Kier molecular flexibility index (Phi) is 5.46. The van der Waals surface area contributed by atoms with E-state index in [1.165, 1.54) is 0 Å². The van der Waals surface area contributed by atoms with Crippen LogP contribution < -0.4 is 0 Å². The highest BCUT2D eigenvalue weighted by Crippen LogP contribution is 2.36. The van der Waals surface area contributed by atoms with Crippen LogP contribution in [0.3, 0.4) is 0 Å². The standard InChI is InChI=1S/C33H20ClN3O/c34-25-14-7-12-23(20-25)22-11-6-13-24(19-22)32-35-31(21-9-2-1-3-10-21)36-33(37-32)28-17-8-16-27-26-15-4-5-18-29(26)38-30(27)28/h1-20H. The molecule has 5 heteroatoms. The van der Waals surface area contributed by atoms with Gasteiger partial charge in [-0.25, -0.2) is 15.0 Å². The van der Waals surface area contributed by atoms with Crippen LogP contribution >= 0.6 is 11.6 Å². The molecule has 38 heavy (non-hydrogen) atoms. The zero-order valence-electron chi connectivity index (χ0n) is 20.2. The minimum Gasteiger partial charge on any atom is -0.455 e. The Morgan fingerprint density at radius 3 is 1.92 bits per heavy atom. The number of hydrogen-bond donors (Lipinski definition) is 0. The Morgan fingerprint density at radius 2 is 1.08 bits per heavy atom. The third-order valence-corrected chi connectivity index (χ3v) is 6.83. The van der Waals surface area contributed by atoms with Crippen LogP contribution in [0, 0.1) is 0 Å². The summed E-state index contributed by atoms with van der Waals surface area (Å²) in [5.41, 5.74) is 6.29. The predicted molar refractivity (Wildman–Crippen MR) is 154 cm³/mol. The summed E-state index contributed by atoms with van der Waals surface area (Å²) in [5.74, 6) is 1.75. The number of nitrogens with zero attached hydrogens (tertiary/aromatic N) is 3.